The van der Waals surface area contributed by atoms with Gasteiger partial charge in [0.15, 0.2) is 6.61 Å². The minimum atomic E-state index is -0.425. The Morgan fingerprint density at radius 3 is 2.54 bits per heavy atom. The number of likely N-dealkylation sites (tertiary alicyclic amines) is 1. The lowest BCUT2D eigenvalue weighted by Gasteiger charge is -2.30. The molecule has 1 aliphatic rings. The molecular weight excluding hydrogens is 382 g/mol. The summed E-state index contributed by atoms with van der Waals surface area (Å²) in [5.74, 6) is -1.40. The maximum atomic E-state index is 12.3. The van der Waals surface area contributed by atoms with Gasteiger partial charge in [-0.2, -0.15) is 0 Å². The maximum absolute atomic E-state index is 12.3. The Hall–Kier alpha value is -2.42. The van der Waals surface area contributed by atoms with Crippen LogP contribution in [0, 0.1) is 5.92 Å². The third-order valence-corrected chi connectivity index (χ3v) is 5.49. The summed E-state index contributed by atoms with van der Waals surface area (Å²) in [6, 6.07) is 3.63. The monoisotopic (exact) mass is 409 g/mol. The lowest BCUT2D eigenvalue weighted by Crippen LogP contribution is -2.43. The molecule has 0 unspecified atom stereocenters. The number of nitrogens with zero attached hydrogens (tertiary/aromatic N) is 2. The third-order valence-electron chi connectivity index (χ3n) is 4.63. The molecule has 0 spiro atoms. The van der Waals surface area contributed by atoms with E-state index in [0.29, 0.717) is 43.9 Å². The molecule has 1 aromatic heterocycles. The first kappa shape index (κ1) is 21.9. The molecule has 1 fully saturated rings. The van der Waals surface area contributed by atoms with Gasteiger partial charge in [0.1, 0.15) is 0 Å². The molecular formula is C19H27N3O5S. The van der Waals surface area contributed by atoms with Gasteiger partial charge < -0.3 is 19.9 Å². The van der Waals surface area contributed by atoms with Crippen molar-refractivity contribution < 1.29 is 23.9 Å². The van der Waals surface area contributed by atoms with Crippen molar-refractivity contribution in [3.63, 3.8) is 0 Å². The van der Waals surface area contributed by atoms with Gasteiger partial charge in [-0.1, -0.05) is 6.07 Å². The van der Waals surface area contributed by atoms with Crippen molar-refractivity contribution in [3.8, 4) is 0 Å². The van der Waals surface area contributed by atoms with Crippen LogP contribution in [0.4, 0.5) is 0 Å². The fourth-order valence-corrected chi connectivity index (χ4v) is 3.71. The molecule has 3 amide bonds. The fourth-order valence-electron chi connectivity index (χ4n) is 3.02. The summed E-state index contributed by atoms with van der Waals surface area (Å²) in [6.45, 7) is 4.97. The van der Waals surface area contributed by atoms with E-state index < -0.39 is 11.9 Å². The van der Waals surface area contributed by atoms with Gasteiger partial charge in [0.2, 0.25) is 5.91 Å². The zero-order valence-corrected chi connectivity index (χ0v) is 17.1. The number of esters is 1. The first-order valence-electron chi connectivity index (χ1n) is 9.50. The van der Waals surface area contributed by atoms with E-state index in [1.54, 1.807) is 24.8 Å². The second-order valence-corrected chi connectivity index (χ2v) is 7.46. The number of nitrogens with one attached hydrogen (secondary N) is 1. The van der Waals surface area contributed by atoms with E-state index in [-0.39, 0.29) is 30.9 Å². The largest absolute Gasteiger partial charge is 0.455 e. The Morgan fingerprint density at radius 2 is 1.96 bits per heavy atom. The van der Waals surface area contributed by atoms with Gasteiger partial charge in [-0.15, -0.1) is 11.3 Å². The summed E-state index contributed by atoms with van der Waals surface area (Å²) in [4.78, 5) is 52.2. The lowest BCUT2D eigenvalue weighted by atomic mass is 9.97. The van der Waals surface area contributed by atoms with Crippen LogP contribution in [0.1, 0.15) is 36.4 Å². The second-order valence-electron chi connectivity index (χ2n) is 6.51. The smallest absolute Gasteiger partial charge is 0.309 e. The average molecular weight is 410 g/mol. The first-order chi connectivity index (χ1) is 13.5. The molecule has 1 N–H and O–H groups in total. The van der Waals surface area contributed by atoms with Crippen molar-refractivity contribution in [2.24, 2.45) is 5.92 Å². The predicted molar refractivity (Wildman–Crippen MR) is 105 cm³/mol. The first-order valence-corrected chi connectivity index (χ1v) is 10.4. The highest BCUT2D eigenvalue weighted by molar-refractivity contribution is 7.12. The summed E-state index contributed by atoms with van der Waals surface area (Å²) >= 11 is 1.40. The SMILES string of the molecule is CCNC(=O)CN(CC)C(=O)COC(=O)C1CCN(C(=O)c2cccs2)CC1. The van der Waals surface area contributed by atoms with Crippen LogP contribution >= 0.6 is 11.3 Å². The predicted octanol–water partition coefficient (Wildman–Crippen LogP) is 1.13. The van der Waals surface area contributed by atoms with Crippen LogP contribution < -0.4 is 5.32 Å². The van der Waals surface area contributed by atoms with Crippen molar-refractivity contribution in [2.75, 3.05) is 39.3 Å². The molecule has 0 saturated carbocycles. The molecule has 9 heteroatoms. The van der Waals surface area contributed by atoms with Gasteiger partial charge in [-0.3, -0.25) is 19.2 Å². The number of carbonyl (C=O) groups excluding carboxylic acids is 4. The second kappa shape index (κ2) is 10.8. The zero-order valence-electron chi connectivity index (χ0n) is 16.3. The molecule has 2 rings (SSSR count). The molecule has 0 radical (unpaired) electrons. The Balaban J connectivity index is 1.75. The molecule has 1 saturated heterocycles. The third kappa shape index (κ3) is 6.05. The number of amides is 3. The molecule has 0 bridgehead atoms. The molecule has 154 valence electrons. The number of thiophene rings is 1. The van der Waals surface area contributed by atoms with E-state index >= 15 is 0 Å². The van der Waals surface area contributed by atoms with Crippen molar-refractivity contribution in [1.29, 1.82) is 0 Å². The van der Waals surface area contributed by atoms with Crippen LogP contribution in [-0.2, 0) is 19.1 Å². The van der Waals surface area contributed by atoms with Gasteiger partial charge >= 0.3 is 5.97 Å². The van der Waals surface area contributed by atoms with E-state index in [1.165, 1.54) is 16.2 Å². The number of rotatable bonds is 8. The Bertz CT molecular complexity index is 684. The fraction of sp³-hybridized carbons (Fsp3) is 0.579. The van der Waals surface area contributed by atoms with Gasteiger partial charge in [0.05, 0.1) is 17.3 Å². The van der Waals surface area contributed by atoms with Crippen LogP contribution in [0.15, 0.2) is 17.5 Å². The number of likely N-dealkylation sites (N-methyl/N-ethyl adjacent to an activating group) is 2. The Morgan fingerprint density at radius 1 is 1.25 bits per heavy atom. The summed E-state index contributed by atoms with van der Waals surface area (Å²) in [5.41, 5.74) is 0. The van der Waals surface area contributed by atoms with Crippen molar-refractivity contribution in [3.05, 3.63) is 22.4 Å². The average Bonchev–Trinajstić information content (AvgIpc) is 3.24. The molecule has 2 heterocycles. The maximum Gasteiger partial charge on any atom is 0.309 e. The number of hydrogen-bond donors (Lipinski definition) is 1. The Labute approximate surface area is 168 Å². The summed E-state index contributed by atoms with van der Waals surface area (Å²) in [7, 11) is 0. The Kier molecular flexibility index (Phi) is 8.43. The van der Waals surface area contributed by atoms with E-state index in [1.807, 2.05) is 11.4 Å². The minimum Gasteiger partial charge on any atom is -0.455 e. The number of carbonyl (C=O) groups is 4. The zero-order chi connectivity index (χ0) is 20.5. The van der Waals surface area contributed by atoms with Crippen LogP contribution in [0.2, 0.25) is 0 Å². The topological polar surface area (TPSA) is 96.0 Å². The van der Waals surface area contributed by atoms with Crippen LogP contribution in [0.3, 0.4) is 0 Å². The highest BCUT2D eigenvalue weighted by Crippen LogP contribution is 2.21. The van der Waals surface area contributed by atoms with Crippen molar-refractivity contribution in [1.82, 2.24) is 15.1 Å². The van der Waals surface area contributed by atoms with Gasteiger partial charge in [0.25, 0.3) is 11.8 Å². The van der Waals surface area contributed by atoms with E-state index in [2.05, 4.69) is 5.32 Å². The number of ether oxygens (including phenoxy) is 1. The molecule has 0 aliphatic carbocycles. The summed E-state index contributed by atoms with van der Waals surface area (Å²) < 4.78 is 5.17. The van der Waals surface area contributed by atoms with Crippen LogP contribution in [-0.4, -0.2) is 72.8 Å². The molecule has 8 nitrogen and oxygen atoms in total. The van der Waals surface area contributed by atoms with Crippen LogP contribution in [0.5, 0.6) is 0 Å². The normalized spacial score (nSPS) is 14.4. The molecule has 28 heavy (non-hydrogen) atoms. The van der Waals surface area contributed by atoms with Gasteiger partial charge in [0, 0.05) is 26.2 Å². The van der Waals surface area contributed by atoms with Gasteiger partial charge in [-0.25, -0.2) is 0 Å². The standard InChI is InChI=1S/C19H27N3O5S/c1-3-20-16(23)12-21(4-2)17(24)13-27-19(26)14-7-9-22(10-8-14)18(25)15-6-5-11-28-15/h5-6,11,14H,3-4,7-10,12-13H2,1-2H3,(H,20,23). The summed E-state index contributed by atoms with van der Waals surface area (Å²) in [6.07, 6.45) is 1.03. The molecule has 0 aromatic carbocycles. The van der Waals surface area contributed by atoms with E-state index in [0.717, 1.165) is 0 Å². The lowest BCUT2D eigenvalue weighted by molar-refractivity contribution is -0.156. The van der Waals surface area contributed by atoms with Crippen molar-refractivity contribution in [2.45, 2.75) is 26.7 Å². The van der Waals surface area contributed by atoms with Gasteiger partial charge in [-0.05, 0) is 38.1 Å². The van der Waals surface area contributed by atoms with Crippen LogP contribution in [0.25, 0.3) is 0 Å². The van der Waals surface area contributed by atoms with E-state index in [9.17, 15) is 19.2 Å². The molecule has 1 aromatic rings. The summed E-state index contributed by atoms with van der Waals surface area (Å²) in [5, 5.41) is 4.49. The van der Waals surface area contributed by atoms with Crippen molar-refractivity contribution >= 4 is 35.0 Å². The highest BCUT2D eigenvalue weighted by atomic mass is 32.1. The quantitative estimate of drug-likeness (QED) is 0.650. The molecule has 0 atom stereocenters. The minimum absolute atomic E-state index is 0.0130. The number of piperidine rings is 1. The highest BCUT2D eigenvalue weighted by Gasteiger charge is 2.29. The molecule has 1 aliphatic heterocycles. The van der Waals surface area contributed by atoms with E-state index in [4.69, 9.17) is 4.74 Å². The number of hydrogen-bond acceptors (Lipinski definition) is 6.